The van der Waals surface area contributed by atoms with Crippen molar-refractivity contribution in [2.24, 2.45) is 0 Å². The lowest BCUT2D eigenvalue weighted by Crippen LogP contribution is -2.37. The second kappa shape index (κ2) is 13.0. The summed E-state index contributed by atoms with van der Waals surface area (Å²) >= 11 is 6.98. The minimum absolute atomic E-state index is 0.0209. The summed E-state index contributed by atoms with van der Waals surface area (Å²) in [7, 11) is 0. The number of nitrogens with zero attached hydrogens (tertiary/aromatic N) is 2. The molecule has 1 aromatic carbocycles. The van der Waals surface area contributed by atoms with Gasteiger partial charge in [-0.15, -0.1) is 11.6 Å². The van der Waals surface area contributed by atoms with Crippen molar-refractivity contribution in [3.63, 3.8) is 0 Å². The number of carbonyl (C=O) groups is 2. The van der Waals surface area contributed by atoms with Gasteiger partial charge in [-0.1, -0.05) is 49.7 Å². The van der Waals surface area contributed by atoms with Gasteiger partial charge >= 0.3 is 0 Å². The summed E-state index contributed by atoms with van der Waals surface area (Å²) in [4.78, 5) is 26.7. The lowest BCUT2D eigenvalue weighted by Gasteiger charge is -2.25. The zero-order valence-corrected chi connectivity index (χ0v) is 17.7. The normalized spacial score (nSPS) is 14.3. The number of para-hydroxylation sites is 1. The molecule has 1 saturated heterocycles. The minimum Gasteiger partial charge on any atom is -0.334 e. The fourth-order valence-corrected chi connectivity index (χ4v) is 3.59. The molecule has 1 aliphatic rings. The van der Waals surface area contributed by atoms with E-state index < -0.39 is 0 Å². The first kappa shape index (κ1) is 22.8. The molecule has 0 bridgehead atoms. The molecule has 0 radical (unpaired) electrons. The molecule has 26 heavy (non-hydrogen) atoms. The van der Waals surface area contributed by atoms with Crippen LogP contribution in [0, 0.1) is 0 Å². The summed E-state index contributed by atoms with van der Waals surface area (Å²) in [5.41, 5.74) is 0.896. The van der Waals surface area contributed by atoms with Crippen LogP contribution in [-0.2, 0) is 4.79 Å². The van der Waals surface area contributed by atoms with E-state index in [2.05, 4.69) is 0 Å². The van der Waals surface area contributed by atoms with E-state index in [1.807, 2.05) is 56.0 Å². The smallest absolute Gasteiger partial charge is 0.281 e. The van der Waals surface area contributed by atoms with Crippen LogP contribution in [-0.4, -0.2) is 46.8 Å². The molecule has 1 fully saturated rings. The van der Waals surface area contributed by atoms with Crippen molar-refractivity contribution < 1.29 is 9.59 Å². The summed E-state index contributed by atoms with van der Waals surface area (Å²) < 4.78 is 0. The highest BCUT2D eigenvalue weighted by atomic mass is 35.5. The number of halogens is 1. The first-order chi connectivity index (χ1) is 12.5. The molecule has 2 amide bonds. The van der Waals surface area contributed by atoms with Crippen LogP contribution in [0.3, 0.4) is 0 Å². The van der Waals surface area contributed by atoms with E-state index in [1.165, 1.54) is 37.4 Å². The van der Waals surface area contributed by atoms with Crippen molar-refractivity contribution in [1.29, 1.82) is 0 Å². The minimum atomic E-state index is -0.0622. The summed E-state index contributed by atoms with van der Waals surface area (Å²) in [6.07, 6.45) is 4.97. The van der Waals surface area contributed by atoms with Crippen molar-refractivity contribution in [2.75, 3.05) is 29.6 Å². The Bertz CT molecular complexity index is 532. The van der Waals surface area contributed by atoms with Crippen molar-refractivity contribution in [3.8, 4) is 0 Å². The van der Waals surface area contributed by atoms with Gasteiger partial charge in [0.25, 0.3) is 5.24 Å². The highest BCUT2D eigenvalue weighted by Crippen LogP contribution is 2.17. The number of hydrogen-bond acceptors (Lipinski definition) is 3. The first-order valence-corrected chi connectivity index (χ1v) is 10.9. The predicted molar refractivity (Wildman–Crippen MR) is 113 cm³/mol. The molecule has 1 aromatic rings. The van der Waals surface area contributed by atoms with Gasteiger partial charge < -0.3 is 9.80 Å². The number of hydrogen-bond donors (Lipinski definition) is 0. The average molecular weight is 399 g/mol. The fourth-order valence-electron chi connectivity index (χ4n) is 2.85. The Morgan fingerprint density at radius 3 is 2.15 bits per heavy atom. The molecule has 146 valence electrons. The molecule has 1 heterocycles. The maximum atomic E-state index is 11.5. The van der Waals surface area contributed by atoms with Gasteiger partial charge in [0.05, 0.1) is 0 Å². The van der Waals surface area contributed by atoms with Gasteiger partial charge in [-0.25, -0.2) is 0 Å². The third-order valence-corrected chi connectivity index (χ3v) is 5.09. The monoisotopic (exact) mass is 398 g/mol. The zero-order valence-electron chi connectivity index (χ0n) is 16.1. The molecule has 0 spiro atoms. The zero-order chi connectivity index (χ0) is 19.4. The van der Waals surface area contributed by atoms with Gasteiger partial charge in [0.2, 0.25) is 5.91 Å². The third-order valence-electron chi connectivity index (χ3n) is 4.07. The maximum absolute atomic E-state index is 11.5. The van der Waals surface area contributed by atoms with Crippen molar-refractivity contribution >= 4 is 40.2 Å². The Morgan fingerprint density at radius 2 is 1.69 bits per heavy atom. The number of anilines is 1. The molecule has 6 heteroatoms. The predicted octanol–water partition coefficient (Wildman–Crippen LogP) is 5.40. The number of carbonyl (C=O) groups excluding carboxylic acids is 2. The van der Waals surface area contributed by atoms with E-state index in [0.29, 0.717) is 0 Å². The molecular formula is C20H31ClN2O2S. The summed E-state index contributed by atoms with van der Waals surface area (Å²) in [6, 6.07) is 9.68. The number of likely N-dealkylation sites (tertiary alicyclic amines) is 1. The van der Waals surface area contributed by atoms with E-state index in [-0.39, 0.29) is 23.1 Å². The lowest BCUT2D eigenvalue weighted by atomic mass is 10.2. The molecule has 0 aliphatic carbocycles. The van der Waals surface area contributed by atoms with Gasteiger partial charge in [-0.2, -0.15) is 0 Å². The lowest BCUT2D eigenvalue weighted by molar-refractivity contribution is -0.116. The number of rotatable bonds is 4. The van der Waals surface area contributed by atoms with Crippen molar-refractivity contribution in [1.82, 2.24) is 4.90 Å². The van der Waals surface area contributed by atoms with Crippen LogP contribution in [0.4, 0.5) is 10.5 Å². The van der Waals surface area contributed by atoms with E-state index in [0.717, 1.165) is 24.5 Å². The number of amides is 2. The highest BCUT2D eigenvalue weighted by molar-refractivity contribution is 8.13. The SMILES string of the molecule is CC(C)N(C(=O)CCl)c1ccccc1.CCSC(=O)N1CCCCCC1. The van der Waals surface area contributed by atoms with Crippen molar-refractivity contribution in [2.45, 2.75) is 52.5 Å². The number of alkyl halides is 1. The Labute approximate surface area is 167 Å². The highest BCUT2D eigenvalue weighted by Gasteiger charge is 2.17. The molecule has 0 saturated carbocycles. The van der Waals surface area contributed by atoms with Crippen LogP contribution in [0.2, 0.25) is 0 Å². The van der Waals surface area contributed by atoms with Gasteiger partial charge in [-0.3, -0.25) is 9.59 Å². The van der Waals surface area contributed by atoms with Crippen LogP contribution in [0.15, 0.2) is 30.3 Å². The van der Waals surface area contributed by atoms with Crippen LogP contribution >= 0.6 is 23.4 Å². The summed E-state index contributed by atoms with van der Waals surface area (Å²) in [6.45, 7) is 7.92. The topological polar surface area (TPSA) is 40.6 Å². The van der Waals surface area contributed by atoms with Gasteiger partial charge in [-0.05, 0) is 44.6 Å². The fraction of sp³-hybridized carbons (Fsp3) is 0.600. The Kier molecular flexibility index (Phi) is 11.5. The van der Waals surface area contributed by atoms with Gasteiger partial charge in [0.15, 0.2) is 0 Å². The van der Waals surface area contributed by atoms with E-state index >= 15 is 0 Å². The van der Waals surface area contributed by atoms with Crippen LogP contribution in [0.5, 0.6) is 0 Å². The summed E-state index contributed by atoms with van der Waals surface area (Å²) in [5, 5.41) is 0.277. The van der Waals surface area contributed by atoms with E-state index in [1.54, 1.807) is 4.90 Å². The number of benzene rings is 1. The summed E-state index contributed by atoms with van der Waals surface area (Å²) in [5.74, 6) is 0.857. The Balaban J connectivity index is 0.000000263. The first-order valence-electron chi connectivity index (χ1n) is 9.36. The van der Waals surface area contributed by atoms with E-state index in [4.69, 9.17) is 11.6 Å². The standard InChI is InChI=1S/C11H14ClNO.C9H17NOS/c1-9(2)13(11(14)8-12)10-6-4-3-5-7-10;1-2-12-9(11)10-7-5-3-4-6-8-10/h3-7,9H,8H2,1-2H3;2-8H2,1H3. The van der Waals surface area contributed by atoms with Gasteiger partial charge in [0, 0.05) is 24.8 Å². The molecule has 0 N–H and O–H groups in total. The second-order valence-electron chi connectivity index (χ2n) is 6.43. The van der Waals surface area contributed by atoms with Crippen LogP contribution < -0.4 is 4.90 Å². The molecule has 0 aromatic heterocycles. The number of thioether (sulfide) groups is 1. The molecule has 2 rings (SSSR count). The molecule has 4 nitrogen and oxygen atoms in total. The van der Waals surface area contributed by atoms with Crippen molar-refractivity contribution in [3.05, 3.63) is 30.3 Å². The Morgan fingerprint density at radius 1 is 1.12 bits per heavy atom. The maximum Gasteiger partial charge on any atom is 0.281 e. The Hall–Kier alpha value is -1.20. The molecule has 0 atom stereocenters. The third kappa shape index (κ3) is 8.00. The molecule has 1 aliphatic heterocycles. The quantitative estimate of drug-likeness (QED) is 0.637. The van der Waals surface area contributed by atoms with Crippen LogP contribution in [0.25, 0.3) is 0 Å². The molecular weight excluding hydrogens is 368 g/mol. The van der Waals surface area contributed by atoms with Gasteiger partial charge in [0.1, 0.15) is 5.88 Å². The largest absolute Gasteiger partial charge is 0.334 e. The molecule has 0 unspecified atom stereocenters. The van der Waals surface area contributed by atoms with E-state index in [9.17, 15) is 9.59 Å². The second-order valence-corrected chi connectivity index (χ2v) is 7.91. The average Bonchev–Trinajstić information content (AvgIpc) is 2.92. The van der Waals surface area contributed by atoms with Crippen LogP contribution in [0.1, 0.15) is 46.5 Å².